The molecule has 0 saturated heterocycles. The molecular weight excluding hydrogens is 454 g/mol. The highest BCUT2D eigenvalue weighted by molar-refractivity contribution is 6.04. The highest BCUT2D eigenvalue weighted by atomic mass is 16.7. The standard InChI is InChI=1S/C25H31N3O7/c1-5-33-24(32)34-20-11-9-18(10-12-20)22(30)28-19-8-6-7-17(15-19)16-27-21(29)13-14-26-23(31)35-25(2,3)4/h6-12,15H,5,13-14,16H2,1-4H3,(H,26,31)(H,27,29)(H,28,30). The largest absolute Gasteiger partial charge is 0.513 e. The van der Waals surface area contributed by atoms with Crippen molar-refractivity contribution in [1.82, 2.24) is 10.6 Å². The number of benzene rings is 2. The van der Waals surface area contributed by atoms with Crippen molar-refractivity contribution >= 4 is 29.8 Å². The van der Waals surface area contributed by atoms with Crippen LogP contribution in [0.4, 0.5) is 15.3 Å². The highest BCUT2D eigenvalue weighted by Gasteiger charge is 2.16. The summed E-state index contributed by atoms with van der Waals surface area (Å²) in [6.45, 7) is 7.56. The van der Waals surface area contributed by atoms with Gasteiger partial charge in [0.15, 0.2) is 0 Å². The maximum Gasteiger partial charge on any atom is 0.513 e. The van der Waals surface area contributed by atoms with Crippen molar-refractivity contribution in [2.75, 3.05) is 18.5 Å². The third kappa shape index (κ3) is 10.6. The molecule has 0 fully saturated rings. The number of rotatable bonds is 9. The smallest absolute Gasteiger partial charge is 0.444 e. The fraction of sp³-hybridized carbons (Fsp3) is 0.360. The topological polar surface area (TPSA) is 132 Å². The van der Waals surface area contributed by atoms with Gasteiger partial charge in [0.2, 0.25) is 5.91 Å². The Hall–Kier alpha value is -4.08. The van der Waals surface area contributed by atoms with Crippen LogP contribution in [0.15, 0.2) is 48.5 Å². The Labute approximate surface area is 204 Å². The molecule has 0 heterocycles. The van der Waals surface area contributed by atoms with E-state index in [-0.39, 0.29) is 43.7 Å². The lowest BCUT2D eigenvalue weighted by Gasteiger charge is -2.19. The van der Waals surface area contributed by atoms with Crippen molar-refractivity contribution in [2.24, 2.45) is 0 Å². The number of hydrogen-bond acceptors (Lipinski definition) is 7. The molecule has 0 radical (unpaired) electrons. The van der Waals surface area contributed by atoms with Crippen molar-refractivity contribution in [3.63, 3.8) is 0 Å². The van der Waals surface area contributed by atoms with Gasteiger partial charge in [0.25, 0.3) is 5.91 Å². The Balaban J connectivity index is 1.80. The van der Waals surface area contributed by atoms with E-state index in [2.05, 4.69) is 16.0 Å². The highest BCUT2D eigenvalue weighted by Crippen LogP contribution is 2.16. The van der Waals surface area contributed by atoms with Crippen LogP contribution in [-0.4, -0.2) is 42.8 Å². The predicted molar refractivity (Wildman–Crippen MR) is 129 cm³/mol. The summed E-state index contributed by atoms with van der Waals surface area (Å²) in [5, 5.41) is 8.09. The molecule has 0 spiro atoms. The molecule has 0 aliphatic rings. The molecule has 0 saturated carbocycles. The van der Waals surface area contributed by atoms with Gasteiger partial charge < -0.3 is 30.2 Å². The number of hydrogen-bond donors (Lipinski definition) is 3. The molecule has 0 aliphatic heterocycles. The first-order valence-electron chi connectivity index (χ1n) is 11.1. The summed E-state index contributed by atoms with van der Waals surface area (Å²) in [6.07, 6.45) is -1.28. The number of anilines is 1. The van der Waals surface area contributed by atoms with E-state index >= 15 is 0 Å². The van der Waals surface area contributed by atoms with Crippen LogP contribution >= 0.6 is 0 Å². The third-order valence-corrected chi connectivity index (χ3v) is 4.27. The number of carbonyl (C=O) groups excluding carboxylic acids is 4. The first kappa shape index (κ1) is 27.2. The zero-order chi connectivity index (χ0) is 25.8. The van der Waals surface area contributed by atoms with Crippen molar-refractivity contribution in [2.45, 2.75) is 46.3 Å². The molecule has 3 N–H and O–H groups in total. The molecule has 10 heteroatoms. The Morgan fingerprint density at radius 1 is 0.943 bits per heavy atom. The van der Waals surface area contributed by atoms with Gasteiger partial charge in [-0.15, -0.1) is 0 Å². The van der Waals surface area contributed by atoms with Gasteiger partial charge in [-0.3, -0.25) is 9.59 Å². The van der Waals surface area contributed by atoms with Gasteiger partial charge in [-0.1, -0.05) is 12.1 Å². The second-order valence-electron chi connectivity index (χ2n) is 8.42. The monoisotopic (exact) mass is 485 g/mol. The maximum atomic E-state index is 12.5. The van der Waals surface area contributed by atoms with E-state index in [1.165, 1.54) is 24.3 Å². The Kier molecular flexibility index (Phi) is 10.1. The molecule has 0 atom stereocenters. The van der Waals surface area contributed by atoms with E-state index in [1.54, 1.807) is 45.9 Å². The van der Waals surface area contributed by atoms with E-state index in [1.807, 2.05) is 6.07 Å². The van der Waals surface area contributed by atoms with Crippen LogP contribution in [0.2, 0.25) is 0 Å². The van der Waals surface area contributed by atoms with E-state index in [4.69, 9.17) is 14.2 Å². The van der Waals surface area contributed by atoms with Crippen molar-refractivity contribution in [3.05, 3.63) is 59.7 Å². The third-order valence-electron chi connectivity index (χ3n) is 4.27. The van der Waals surface area contributed by atoms with Gasteiger partial charge in [-0.2, -0.15) is 0 Å². The fourth-order valence-corrected chi connectivity index (χ4v) is 2.76. The van der Waals surface area contributed by atoms with Crippen LogP contribution in [0.1, 0.15) is 50.0 Å². The molecular formula is C25H31N3O7. The second-order valence-corrected chi connectivity index (χ2v) is 8.42. The quantitative estimate of drug-likeness (QED) is 0.361. The average Bonchev–Trinajstić information content (AvgIpc) is 2.77. The summed E-state index contributed by atoms with van der Waals surface area (Å²) in [6, 6.07) is 13.1. The summed E-state index contributed by atoms with van der Waals surface area (Å²) < 4.78 is 14.8. The molecule has 35 heavy (non-hydrogen) atoms. The van der Waals surface area contributed by atoms with Crippen LogP contribution < -0.4 is 20.7 Å². The van der Waals surface area contributed by atoms with Gasteiger partial charge in [0, 0.05) is 30.8 Å². The summed E-state index contributed by atoms with van der Waals surface area (Å²) >= 11 is 0. The second kappa shape index (κ2) is 13.0. The summed E-state index contributed by atoms with van der Waals surface area (Å²) in [7, 11) is 0. The summed E-state index contributed by atoms with van der Waals surface area (Å²) in [5.41, 5.74) is 1.11. The SMILES string of the molecule is CCOC(=O)Oc1ccc(C(=O)Nc2cccc(CNC(=O)CCNC(=O)OC(C)(C)C)c2)cc1. The molecule has 0 aliphatic carbocycles. The molecule has 2 aromatic rings. The number of amides is 3. The molecule has 3 amide bonds. The molecule has 10 nitrogen and oxygen atoms in total. The number of ether oxygens (including phenoxy) is 3. The molecule has 0 unspecified atom stereocenters. The Bertz CT molecular complexity index is 1030. The molecule has 2 rings (SSSR count). The normalized spacial score (nSPS) is 10.6. The number of carbonyl (C=O) groups is 4. The maximum absolute atomic E-state index is 12.5. The first-order chi connectivity index (χ1) is 16.6. The van der Waals surface area contributed by atoms with Crippen molar-refractivity contribution < 1.29 is 33.4 Å². The van der Waals surface area contributed by atoms with Gasteiger partial charge in [-0.05, 0) is 69.7 Å². The average molecular weight is 486 g/mol. The number of nitrogens with one attached hydrogen (secondary N) is 3. The fourth-order valence-electron chi connectivity index (χ4n) is 2.76. The summed E-state index contributed by atoms with van der Waals surface area (Å²) in [4.78, 5) is 47.5. The van der Waals surface area contributed by atoms with Crippen LogP contribution in [0.5, 0.6) is 5.75 Å². The summed E-state index contributed by atoms with van der Waals surface area (Å²) in [5.74, 6) is -0.318. The van der Waals surface area contributed by atoms with E-state index in [9.17, 15) is 19.2 Å². The molecule has 188 valence electrons. The minimum absolute atomic E-state index is 0.103. The van der Waals surface area contributed by atoms with Crippen LogP contribution in [0.25, 0.3) is 0 Å². The Morgan fingerprint density at radius 2 is 1.66 bits per heavy atom. The molecule has 2 aromatic carbocycles. The van der Waals surface area contributed by atoms with Gasteiger partial charge in [0.1, 0.15) is 11.4 Å². The van der Waals surface area contributed by atoms with Gasteiger partial charge >= 0.3 is 12.2 Å². The molecule has 0 aromatic heterocycles. The van der Waals surface area contributed by atoms with Crippen LogP contribution in [0.3, 0.4) is 0 Å². The van der Waals surface area contributed by atoms with Crippen molar-refractivity contribution in [3.8, 4) is 5.75 Å². The lowest BCUT2D eigenvalue weighted by molar-refractivity contribution is -0.121. The minimum atomic E-state index is -0.812. The Morgan fingerprint density at radius 3 is 2.31 bits per heavy atom. The van der Waals surface area contributed by atoms with Gasteiger partial charge in [-0.25, -0.2) is 9.59 Å². The van der Waals surface area contributed by atoms with E-state index in [0.29, 0.717) is 11.3 Å². The molecule has 0 bridgehead atoms. The van der Waals surface area contributed by atoms with Crippen molar-refractivity contribution in [1.29, 1.82) is 0 Å². The lowest BCUT2D eigenvalue weighted by atomic mass is 10.1. The predicted octanol–water partition coefficient (Wildman–Crippen LogP) is 4.01. The zero-order valence-corrected chi connectivity index (χ0v) is 20.3. The van der Waals surface area contributed by atoms with E-state index in [0.717, 1.165) is 5.56 Å². The van der Waals surface area contributed by atoms with Gasteiger partial charge in [0.05, 0.1) is 6.61 Å². The lowest BCUT2D eigenvalue weighted by Crippen LogP contribution is -2.35. The number of alkyl carbamates (subject to hydrolysis) is 1. The zero-order valence-electron chi connectivity index (χ0n) is 20.3. The van der Waals surface area contributed by atoms with E-state index < -0.39 is 17.8 Å². The minimum Gasteiger partial charge on any atom is -0.444 e. The van der Waals surface area contributed by atoms with Crippen LogP contribution in [-0.2, 0) is 20.8 Å². The van der Waals surface area contributed by atoms with Crippen LogP contribution in [0, 0.1) is 0 Å². The first-order valence-corrected chi connectivity index (χ1v) is 11.1.